The number of sulfonamides is 1. The van der Waals surface area contributed by atoms with Crippen LogP contribution in [0.1, 0.15) is 5.82 Å². The third kappa shape index (κ3) is 9.14. The van der Waals surface area contributed by atoms with Crippen molar-refractivity contribution in [3.8, 4) is 11.4 Å². The van der Waals surface area contributed by atoms with E-state index in [2.05, 4.69) is 25.0 Å². The summed E-state index contributed by atoms with van der Waals surface area (Å²) in [6, 6.07) is 8.16. The second kappa shape index (κ2) is 14.7. The fourth-order valence-corrected chi connectivity index (χ4v) is 4.18. The topological polar surface area (TPSA) is 139 Å². The summed E-state index contributed by atoms with van der Waals surface area (Å²) < 4.78 is 50.5. The van der Waals surface area contributed by atoms with E-state index in [4.69, 9.17) is 18.9 Å². The predicted molar refractivity (Wildman–Crippen MR) is 138 cm³/mol. The van der Waals surface area contributed by atoms with Crippen molar-refractivity contribution in [2.24, 2.45) is 7.05 Å². The standard InChI is InChI=1S/C24H34N6O6S/c1-19-26-18-23(30(19)2)22-8-9-25-24(29-22)28-20-4-6-21(7-5-20)37(31,32)27-10-11-34-14-15-36-17-16-35-13-12-33-3/h4-9,18,27H,10-17H2,1-3H3,(H,25,28,29). The van der Waals surface area contributed by atoms with Crippen LogP contribution in [0, 0.1) is 6.92 Å². The van der Waals surface area contributed by atoms with E-state index in [1.165, 1.54) is 12.1 Å². The Morgan fingerprint density at radius 1 is 0.892 bits per heavy atom. The average molecular weight is 535 g/mol. The van der Waals surface area contributed by atoms with Gasteiger partial charge in [0.05, 0.1) is 68.7 Å². The van der Waals surface area contributed by atoms with E-state index in [0.717, 1.165) is 17.2 Å². The summed E-state index contributed by atoms with van der Waals surface area (Å²) in [7, 11) is -0.124. The fourth-order valence-electron chi connectivity index (χ4n) is 3.16. The van der Waals surface area contributed by atoms with Crippen LogP contribution >= 0.6 is 0 Å². The van der Waals surface area contributed by atoms with E-state index in [1.807, 2.05) is 18.5 Å². The van der Waals surface area contributed by atoms with Crippen molar-refractivity contribution in [3.05, 3.63) is 48.5 Å². The smallest absolute Gasteiger partial charge is 0.240 e. The largest absolute Gasteiger partial charge is 0.382 e. The zero-order chi connectivity index (χ0) is 26.5. The molecule has 0 saturated carbocycles. The maximum atomic E-state index is 12.6. The van der Waals surface area contributed by atoms with Gasteiger partial charge in [-0.2, -0.15) is 0 Å². The highest BCUT2D eigenvalue weighted by Gasteiger charge is 2.14. The van der Waals surface area contributed by atoms with Gasteiger partial charge in [0, 0.05) is 32.6 Å². The van der Waals surface area contributed by atoms with Crippen molar-refractivity contribution in [2.75, 3.05) is 65.2 Å². The molecule has 0 radical (unpaired) electrons. The van der Waals surface area contributed by atoms with Crippen molar-refractivity contribution in [2.45, 2.75) is 11.8 Å². The molecule has 1 aromatic carbocycles. The van der Waals surface area contributed by atoms with Crippen LogP contribution in [0.4, 0.5) is 11.6 Å². The minimum Gasteiger partial charge on any atom is -0.382 e. The number of hydrogen-bond donors (Lipinski definition) is 2. The van der Waals surface area contributed by atoms with Crippen molar-refractivity contribution < 1.29 is 27.4 Å². The van der Waals surface area contributed by atoms with Crippen molar-refractivity contribution in [1.82, 2.24) is 24.2 Å². The van der Waals surface area contributed by atoms with Crippen LogP contribution in [0.3, 0.4) is 0 Å². The van der Waals surface area contributed by atoms with Crippen LogP contribution in [0.5, 0.6) is 0 Å². The van der Waals surface area contributed by atoms with Gasteiger partial charge in [0.2, 0.25) is 16.0 Å². The molecule has 2 heterocycles. The van der Waals surface area contributed by atoms with Crippen molar-refractivity contribution in [3.63, 3.8) is 0 Å². The SMILES string of the molecule is COCCOCCOCCOCCNS(=O)(=O)c1ccc(Nc2nccc(-c3cnc(C)n3C)n2)cc1. The highest BCUT2D eigenvalue weighted by atomic mass is 32.2. The van der Waals surface area contributed by atoms with Gasteiger partial charge in [-0.1, -0.05) is 0 Å². The maximum absolute atomic E-state index is 12.6. The summed E-state index contributed by atoms with van der Waals surface area (Å²) in [6.07, 6.45) is 3.41. The predicted octanol–water partition coefficient (Wildman–Crippen LogP) is 1.90. The van der Waals surface area contributed by atoms with Gasteiger partial charge < -0.3 is 28.8 Å². The number of benzene rings is 1. The first-order valence-corrected chi connectivity index (χ1v) is 13.3. The fraction of sp³-hybridized carbons (Fsp3) is 0.458. The lowest BCUT2D eigenvalue weighted by Gasteiger charge is -2.10. The first-order chi connectivity index (χ1) is 17.9. The summed E-state index contributed by atoms with van der Waals surface area (Å²) in [5.74, 6) is 1.27. The number of ether oxygens (including phenoxy) is 4. The van der Waals surface area contributed by atoms with Gasteiger partial charge in [-0.15, -0.1) is 0 Å². The van der Waals surface area contributed by atoms with E-state index in [-0.39, 0.29) is 18.0 Å². The normalized spacial score (nSPS) is 11.6. The van der Waals surface area contributed by atoms with Crippen LogP contribution in [0.2, 0.25) is 0 Å². The van der Waals surface area contributed by atoms with E-state index in [1.54, 1.807) is 37.7 Å². The summed E-state index contributed by atoms with van der Waals surface area (Å²) in [4.78, 5) is 13.2. The number of methoxy groups -OCH3 is 1. The van der Waals surface area contributed by atoms with Crippen LogP contribution in [0.15, 0.2) is 47.6 Å². The molecule has 0 fully saturated rings. The minimum absolute atomic E-state index is 0.148. The Morgan fingerprint density at radius 3 is 2.16 bits per heavy atom. The molecule has 0 saturated heterocycles. The summed E-state index contributed by atoms with van der Waals surface area (Å²) in [5, 5.41) is 3.10. The van der Waals surface area contributed by atoms with E-state index >= 15 is 0 Å². The Hall–Kier alpha value is -2.94. The maximum Gasteiger partial charge on any atom is 0.240 e. The molecule has 2 N–H and O–H groups in total. The molecule has 0 bridgehead atoms. The molecule has 3 rings (SSSR count). The van der Waals surface area contributed by atoms with E-state index in [0.29, 0.717) is 51.3 Å². The zero-order valence-electron chi connectivity index (χ0n) is 21.3. The second-order valence-corrected chi connectivity index (χ2v) is 9.66. The number of nitrogens with zero attached hydrogens (tertiary/aromatic N) is 4. The van der Waals surface area contributed by atoms with Crippen LogP contribution in [0.25, 0.3) is 11.4 Å². The average Bonchev–Trinajstić information content (AvgIpc) is 3.23. The number of imidazole rings is 1. The zero-order valence-corrected chi connectivity index (χ0v) is 22.2. The molecule has 3 aromatic rings. The van der Waals surface area contributed by atoms with Gasteiger partial charge in [-0.05, 0) is 37.3 Å². The number of nitrogens with one attached hydrogen (secondary N) is 2. The molecular formula is C24H34N6O6S. The molecule has 0 aliphatic heterocycles. The number of aromatic nitrogens is 4. The van der Waals surface area contributed by atoms with Crippen molar-refractivity contribution in [1.29, 1.82) is 0 Å². The summed E-state index contributed by atoms with van der Waals surface area (Å²) in [6.45, 7) is 5.11. The quantitative estimate of drug-likeness (QED) is 0.247. The summed E-state index contributed by atoms with van der Waals surface area (Å²) >= 11 is 0. The number of anilines is 2. The molecular weight excluding hydrogens is 500 g/mol. The van der Waals surface area contributed by atoms with E-state index in [9.17, 15) is 8.42 Å². The van der Waals surface area contributed by atoms with Crippen LogP contribution < -0.4 is 10.0 Å². The van der Waals surface area contributed by atoms with Crippen molar-refractivity contribution >= 4 is 21.7 Å². The Bertz CT molecular complexity index is 1200. The molecule has 13 heteroatoms. The van der Waals surface area contributed by atoms with Crippen LogP contribution in [-0.2, 0) is 36.0 Å². The molecule has 0 unspecified atom stereocenters. The van der Waals surface area contributed by atoms with Gasteiger partial charge in [0.25, 0.3) is 0 Å². The van der Waals surface area contributed by atoms with Gasteiger partial charge in [0.1, 0.15) is 5.82 Å². The Kier molecular flexibility index (Phi) is 11.4. The first-order valence-electron chi connectivity index (χ1n) is 11.8. The first kappa shape index (κ1) is 28.6. The van der Waals surface area contributed by atoms with Gasteiger partial charge in [-0.25, -0.2) is 28.1 Å². The number of hydrogen-bond acceptors (Lipinski definition) is 10. The number of rotatable bonds is 17. The molecule has 12 nitrogen and oxygen atoms in total. The monoisotopic (exact) mass is 534 g/mol. The highest BCUT2D eigenvalue weighted by molar-refractivity contribution is 7.89. The molecule has 2 aromatic heterocycles. The lowest BCUT2D eigenvalue weighted by molar-refractivity contribution is 0.00445. The number of aryl methyl sites for hydroxylation is 1. The Balaban J connectivity index is 1.39. The molecule has 0 aliphatic carbocycles. The molecule has 202 valence electrons. The van der Waals surface area contributed by atoms with Gasteiger partial charge >= 0.3 is 0 Å². The minimum atomic E-state index is -3.66. The highest BCUT2D eigenvalue weighted by Crippen LogP contribution is 2.21. The lowest BCUT2D eigenvalue weighted by Crippen LogP contribution is -2.27. The summed E-state index contributed by atoms with van der Waals surface area (Å²) in [5.41, 5.74) is 2.25. The molecule has 0 amide bonds. The molecule has 37 heavy (non-hydrogen) atoms. The van der Waals surface area contributed by atoms with E-state index < -0.39 is 10.0 Å². The molecule has 0 atom stereocenters. The van der Waals surface area contributed by atoms with Gasteiger partial charge in [0.15, 0.2) is 0 Å². The Labute approximate surface area is 217 Å². The second-order valence-electron chi connectivity index (χ2n) is 7.89. The Morgan fingerprint density at radius 2 is 1.54 bits per heavy atom. The third-order valence-electron chi connectivity index (χ3n) is 5.27. The third-order valence-corrected chi connectivity index (χ3v) is 6.75. The lowest BCUT2D eigenvalue weighted by atomic mass is 10.3. The molecule has 0 aliphatic rings. The van der Waals surface area contributed by atoms with Crippen LogP contribution in [-0.4, -0.2) is 87.8 Å². The van der Waals surface area contributed by atoms with Gasteiger partial charge in [-0.3, -0.25) is 0 Å². The molecule has 0 spiro atoms.